The highest BCUT2D eigenvalue weighted by atomic mass is 32.2. The summed E-state index contributed by atoms with van der Waals surface area (Å²) >= 11 is 0. The first-order chi connectivity index (χ1) is 9.66. The molecule has 0 saturated carbocycles. The van der Waals surface area contributed by atoms with Crippen LogP contribution in [-0.2, 0) is 14.8 Å². The number of sulfonamides is 1. The fourth-order valence-electron chi connectivity index (χ4n) is 2.09. The molecule has 1 rings (SSSR count). The molecule has 0 aliphatic rings. The van der Waals surface area contributed by atoms with E-state index in [9.17, 15) is 17.2 Å². The molecule has 1 aromatic rings. The monoisotopic (exact) mass is 322 g/mol. The van der Waals surface area contributed by atoms with Gasteiger partial charge in [0.25, 0.3) is 6.43 Å². The van der Waals surface area contributed by atoms with Gasteiger partial charge in [0.1, 0.15) is 6.61 Å². The van der Waals surface area contributed by atoms with Crippen molar-refractivity contribution >= 4 is 15.7 Å². The van der Waals surface area contributed by atoms with Gasteiger partial charge in [0.05, 0.1) is 11.5 Å². The minimum atomic E-state index is -3.76. The number of nitrogen functional groups attached to an aromatic ring is 1. The third-order valence-electron chi connectivity index (χ3n) is 3.01. The van der Waals surface area contributed by atoms with Crippen molar-refractivity contribution in [2.75, 3.05) is 25.5 Å². The topological polar surface area (TPSA) is 81.4 Å². The Labute approximate surface area is 123 Å². The van der Waals surface area contributed by atoms with Crippen LogP contribution in [0.2, 0.25) is 0 Å². The lowest BCUT2D eigenvalue weighted by Gasteiger charge is -2.15. The van der Waals surface area contributed by atoms with Crippen molar-refractivity contribution in [1.82, 2.24) is 4.72 Å². The van der Waals surface area contributed by atoms with Gasteiger partial charge in [0.2, 0.25) is 10.0 Å². The molecular formula is C13H20F2N2O3S. The van der Waals surface area contributed by atoms with Crippen molar-refractivity contribution in [3.63, 3.8) is 0 Å². The minimum Gasteiger partial charge on any atom is -0.398 e. The van der Waals surface area contributed by atoms with E-state index in [0.717, 1.165) is 5.56 Å². The summed E-state index contributed by atoms with van der Waals surface area (Å²) in [5, 5.41) is 0. The lowest BCUT2D eigenvalue weighted by atomic mass is 10.1. The molecule has 5 nitrogen and oxygen atoms in total. The Morgan fingerprint density at radius 3 is 2.48 bits per heavy atom. The molecule has 8 heteroatoms. The first-order valence-electron chi connectivity index (χ1n) is 6.38. The van der Waals surface area contributed by atoms with Crippen molar-refractivity contribution in [3.8, 4) is 0 Å². The van der Waals surface area contributed by atoms with Gasteiger partial charge in [-0.25, -0.2) is 21.9 Å². The molecule has 0 aliphatic carbocycles. The summed E-state index contributed by atoms with van der Waals surface area (Å²) in [6, 6.07) is 1.70. The maximum absolute atomic E-state index is 12.3. The molecule has 0 aromatic heterocycles. The van der Waals surface area contributed by atoms with Gasteiger partial charge in [0.15, 0.2) is 0 Å². The van der Waals surface area contributed by atoms with Gasteiger partial charge in [-0.15, -0.1) is 0 Å². The first-order valence-corrected chi connectivity index (χ1v) is 7.87. The number of nitrogens with one attached hydrogen (secondary N) is 1. The second-order valence-corrected chi connectivity index (χ2v) is 6.45. The van der Waals surface area contributed by atoms with E-state index >= 15 is 0 Å². The number of alkyl halides is 2. The molecule has 120 valence electrons. The average molecular weight is 322 g/mol. The van der Waals surface area contributed by atoms with E-state index in [1.807, 2.05) is 0 Å². The van der Waals surface area contributed by atoms with E-state index in [1.165, 1.54) is 0 Å². The molecule has 0 saturated heterocycles. The number of aryl methyl sites for hydroxylation is 2. The number of anilines is 1. The molecule has 3 N–H and O–H groups in total. The quantitative estimate of drug-likeness (QED) is 0.592. The van der Waals surface area contributed by atoms with Crippen LogP contribution in [-0.4, -0.2) is 34.6 Å². The smallest absolute Gasteiger partial charge is 0.261 e. The van der Waals surface area contributed by atoms with E-state index in [2.05, 4.69) is 9.46 Å². The highest BCUT2D eigenvalue weighted by molar-refractivity contribution is 7.89. The molecule has 0 spiro atoms. The van der Waals surface area contributed by atoms with Crippen LogP contribution in [0.15, 0.2) is 11.0 Å². The van der Waals surface area contributed by atoms with Crippen molar-refractivity contribution in [3.05, 3.63) is 22.8 Å². The summed E-state index contributed by atoms with van der Waals surface area (Å²) in [6.45, 7) is 4.21. The van der Waals surface area contributed by atoms with E-state index in [1.54, 1.807) is 26.8 Å². The fourth-order valence-corrected chi connectivity index (χ4v) is 3.58. The number of rotatable bonds is 7. The second-order valence-electron chi connectivity index (χ2n) is 4.74. The number of hydrogen-bond acceptors (Lipinski definition) is 4. The van der Waals surface area contributed by atoms with Crippen LogP contribution in [0.25, 0.3) is 0 Å². The third kappa shape index (κ3) is 4.62. The highest BCUT2D eigenvalue weighted by Crippen LogP contribution is 2.27. The second kappa shape index (κ2) is 7.15. The summed E-state index contributed by atoms with van der Waals surface area (Å²) in [7, 11) is -3.76. The first kappa shape index (κ1) is 17.8. The van der Waals surface area contributed by atoms with Gasteiger partial charge in [-0.2, -0.15) is 0 Å². The van der Waals surface area contributed by atoms with Crippen molar-refractivity contribution in [1.29, 1.82) is 0 Å². The maximum Gasteiger partial charge on any atom is 0.261 e. The van der Waals surface area contributed by atoms with Gasteiger partial charge in [0, 0.05) is 12.2 Å². The van der Waals surface area contributed by atoms with Gasteiger partial charge in [-0.1, -0.05) is 6.07 Å². The molecule has 1 aromatic carbocycles. The van der Waals surface area contributed by atoms with E-state index in [0.29, 0.717) is 16.8 Å². The molecule has 0 unspecified atom stereocenters. The number of nitrogens with two attached hydrogens (primary N) is 1. The summed E-state index contributed by atoms with van der Waals surface area (Å²) in [5.74, 6) is 0. The largest absolute Gasteiger partial charge is 0.398 e. The Hall–Kier alpha value is -1.25. The molecule has 0 atom stereocenters. The number of halogens is 2. The lowest BCUT2D eigenvalue weighted by molar-refractivity contribution is 0.0199. The molecule has 0 fully saturated rings. The summed E-state index contributed by atoms with van der Waals surface area (Å²) in [5.41, 5.74) is 8.16. The number of ether oxygens (including phenoxy) is 1. The number of benzene rings is 1. The van der Waals surface area contributed by atoms with Crippen LogP contribution in [0.5, 0.6) is 0 Å². The standard InChI is InChI=1S/C13H20F2N2O3S/c1-8-6-9(2)13(10(3)12(8)16)21(18,19)17-4-5-20-7-11(14)15/h6,11,17H,4-5,7,16H2,1-3H3. The highest BCUT2D eigenvalue weighted by Gasteiger charge is 2.21. The van der Waals surface area contributed by atoms with Crippen molar-refractivity contribution < 1.29 is 21.9 Å². The molecule has 0 radical (unpaired) electrons. The maximum atomic E-state index is 12.3. The van der Waals surface area contributed by atoms with E-state index in [4.69, 9.17) is 5.73 Å². The summed E-state index contributed by atoms with van der Waals surface area (Å²) in [4.78, 5) is 0.124. The van der Waals surface area contributed by atoms with Crippen LogP contribution in [0.1, 0.15) is 16.7 Å². The van der Waals surface area contributed by atoms with Crippen molar-refractivity contribution in [2.45, 2.75) is 32.1 Å². The minimum absolute atomic E-state index is 0.0816. The van der Waals surface area contributed by atoms with Gasteiger partial charge >= 0.3 is 0 Å². The number of hydrogen-bond donors (Lipinski definition) is 2. The van der Waals surface area contributed by atoms with E-state index in [-0.39, 0.29) is 18.0 Å². The molecular weight excluding hydrogens is 302 g/mol. The fraction of sp³-hybridized carbons (Fsp3) is 0.538. The average Bonchev–Trinajstić information content (AvgIpc) is 2.34. The SMILES string of the molecule is Cc1cc(C)c(S(=O)(=O)NCCOCC(F)F)c(C)c1N. The van der Waals surface area contributed by atoms with Crippen LogP contribution in [0.4, 0.5) is 14.5 Å². The molecule has 21 heavy (non-hydrogen) atoms. The van der Waals surface area contributed by atoms with Gasteiger partial charge in [-0.3, -0.25) is 0 Å². The van der Waals surface area contributed by atoms with E-state index < -0.39 is 23.1 Å². The Kier molecular flexibility index (Phi) is 6.06. The molecule has 0 aliphatic heterocycles. The zero-order valence-corrected chi connectivity index (χ0v) is 13.1. The van der Waals surface area contributed by atoms with Crippen LogP contribution >= 0.6 is 0 Å². The van der Waals surface area contributed by atoms with Crippen LogP contribution in [0, 0.1) is 20.8 Å². The predicted molar refractivity (Wildman–Crippen MR) is 77.1 cm³/mol. The predicted octanol–water partition coefficient (Wildman–Crippen LogP) is 1.75. The summed E-state index contributed by atoms with van der Waals surface area (Å²) in [6.07, 6.45) is -2.57. The molecule has 0 amide bonds. The van der Waals surface area contributed by atoms with Crippen molar-refractivity contribution in [2.24, 2.45) is 0 Å². The normalized spacial score (nSPS) is 12.1. The Bertz CT molecular complexity index is 604. The third-order valence-corrected chi connectivity index (χ3v) is 4.76. The molecule has 0 bridgehead atoms. The lowest BCUT2D eigenvalue weighted by Crippen LogP contribution is -2.29. The zero-order valence-electron chi connectivity index (χ0n) is 12.2. The Morgan fingerprint density at radius 2 is 1.90 bits per heavy atom. The van der Waals surface area contributed by atoms with Gasteiger partial charge < -0.3 is 10.5 Å². The van der Waals surface area contributed by atoms with Crippen LogP contribution < -0.4 is 10.5 Å². The zero-order chi connectivity index (χ0) is 16.2. The Balaban J connectivity index is 2.82. The summed E-state index contributed by atoms with van der Waals surface area (Å²) < 4.78 is 55.2. The molecule has 0 heterocycles. The Morgan fingerprint density at radius 1 is 1.29 bits per heavy atom. The van der Waals surface area contributed by atoms with Gasteiger partial charge in [-0.05, 0) is 37.5 Å². The van der Waals surface area contributed by atoms with Crippen LogP contribution in [0.3, 0.4) is 0 Å².